The highest BCUT2D eigenvalue weighted by Crippen LogP contribution is 2.72. The highest BCUT2D eigenvalue weighted by Gasteiger charge is 2.68. The minimum Gasteiger partial charge on any atom is -0.469 e. The second-order valence-electron chi connectivity index (χ2n) is 10.7. The summed E-state index contributed by atoms with van der Waals surface area (Å²) in [5.74, 6) is 0.313. The zero-order chi connectivity index (χ0) is 19.9. The largest absolute Gasteiger partial charge is 0.469 e. The molecule has 2 bridgehead atoms. The van der Waals surface area contributed by atoms with Crippen LogP contribution in [-0.4, -0.2) is 35.9 Å². The smallest absolute Gasteiger partial charge is 0.336 e. The molecule has 0 aromatic carbocycles. The van der Waals surface area contributed by atoms with Crippen LogP contribution in [-0.2, 0) is 19.1 Å². The van der Waals surface area contributed by atoms with Gasteiger partial charge in [-0.2, -0.15) is 0 Å². The Labute approximate surface area is 166 Å². The molecule has 5 heteroatoms. The van der Waals surface area contributed by atoms with E-state index >= 15 is 0 Å². The molecule has 0 aromatic rings. The predicted molar refractivity (Wildman–Crippen MR) is 102 cm³/mol. The molecule has 1 heterocycles. The van der Waals surface area contributed by atoms with Gasteiger partial charge in [0, 0.05) is 12.8 Å². The molecule has 0 amide bonds. The molecule has 1 aliphatic heterocycles. The summed E-state index contributed by atoms with van der Waals surface area (Å²) in [5.41, 5.74) is 0.401. The lowest BCUT2D eigenvalue weighted by molar-refractivity contribution is -0.197. The van der Waals surface area contributed by atoms with E-state index in [1.807, 2.05) is 0 Å². The van der Waals surface area contributed by atoms with Crippen molar-refractivity contribution in [2.45, 2.75) is 83.3 Å². The first-order valence-electron chi connectivity index (χ1n) is 10.9. The first kappa shape index (κ1) is 18.7. The second kappa shape index (κ2) is 5.62. The molecule has 4 fully saturated rings. The summed E-state index contributed by atoms with van der Waals surface area (Å²) in [6.45, 7) is 4.52. The monoisotopic (exact) mass is 388 g/mol. The molecule has 0 unspecified atom stereocenters. The van der Waals surface area contributed by atoms with Crippen LogP contribution < -0.4 is 0 Å². The van der Waals surface area contributed by atoms with Crippen molar-refractivity contribution in [3.63, 3.8) is 0 Å². The molecule has 0 radical (unpaired) electrons. The molecule has 5 aliphatic rings. The number of hydrogen-bond acceptors (Lipinski definition) is 5. The molecule has 3 saturated carbocycles. The molecule has 7 atom stereocenters. The van der Waals surface area contributed by atoms with Crippen LogP contribution in [0.4, 0.5) is 0 Å². The van der Waals surface area contributed by atoms with Crippen molar-refractivity contribution < 1.29 is 24.2 Å². The van der Waals surface area contributed by atoms with Crippen LogP contribution in [0.5, 0.6) is 0 Å². The van der Waals surface area contributed by atoms with Crippen LogP contribution in [0.3, 0.4) is 0 Å². The van der Waals surface area contributed by atoms with Gasteiger partial charge in [-0.05, 0) is 73.7 Å². The molecule has 1 N–H and O–H groups in total. The average molecular weight is 389 g/mol. The third kappa shape index (κ3) is 2.12. The second-order valence-corrected chi connectivity index (χ2v) is 10.7. The number of methoxy groups -OCH3 is 1. The molecule has 5 nitrogen and oxygen atoms in total. The summed E-state index contributed by atoms with van der Waals surface area (Å²) in [4.78, 5) is 24.9. The Kier molecular flexibility index (Phi) is 3.74. The van der Waals surface area contributed by atoms with Crippen molar-refractivity contribution in [1.29, 1.82) is 0 Å². The standard InChI is InChI=1S/C23H32O5/c1-20-7-4-8-21(2,19(26)27-3)16(20)5-9-22-12-14-11-15(24)18(25)28-23(14,13-22)10-6-17(20)22/h12,15-17,24H,4-11,13H2,1-3H3/t15-,16+,17+,20-,21-,22-,23+/m1/s1. The summed E-state index contributed by atoms with van der Waals surface area (Å²) in [7, 11) is 1.51. The summed E-state index contributed by atoms with van der Waals surface area (Å²) >= 11 is 0. The maximum Gasteiger partial charge on any atom is 0.336 e. The Balaban J connectivity index is 1.54. The van der Waals surface area contributed by atoms with E-state index in [1.165, 1.54) is 7.11 Å². The maximum absolute atomic E-state index is 12.8. The van der Waals surface area contributed by atoms with Gasteiger partial charge in [-0.15, -0.1) is 0 Å². The molecule has 154 valence electrons. The van der Waals surface area contributed by atoms with Gasteiger partial charge in [0.05, 0.1) is 12.5 Å². The topological polar surface area (TPSA) is 72.8 Å². The summed E-state index contributed by atoms with van der Waals surface area (Å²) in [6, 6.07) is 0. The van der Waals surface area contributed by atoms with Crippen LogP contribution in [0.25, 0.3) is 0 Å². The van der Waals surface area contributed by atoms with Crippen molar-refractivity contribution in [3.8, 4) is 0 Å². The number of aliphatic hydroxyl groups is 1. The SMILES string of the molecule is COC(=O)[C@]1(C)CCC[C@@]2(C)[C@@H]3CC[C@]45C[C@]3(C=C4C[C@@H](O)C(=O)O5)CC[C@@H]21. The van der Waals surface area contributed by atoms with Crippen molar-refractivity contribution in [2.24, 2.45) is 28.1 Å². The highest BCUT2D eigenvalue weighted by atomic mass is 16.6. The molecule has 2 spiro atoms. The van der Waals surface area contributed by atoms with Gasteiger partial charge in [0.25, 0.3) is 0 Å². The molecular formula is C23H32O5. The number of carbonyl (C=O) groups excluding carboxylic acids is 2. The Hall–Kier alpha value is -1.36. The van der Waals surface area contributed by atoms with Gasteiger partial charge in [0.2, 0.25) is 0 Å². The van der Waals surface area contributed by atoms with Gasteiger partial charge in [0.1, 0.15) is 5.60 Å². The van der Waals surface area contributed by atoms with Gasteiger partial charge in [-0.25, -0.2) is 4.79 Å². The van der Waals surface area contributed by atoms with E-state index in [0.717, 1.165) is 56.9 Å². The zero-order valence-electron chi connectivity index (χ0n) is 17.3. The van der Waals surface area contributed by atoms with Crippen LogP contribution in [0.2, 0.25) is 0 Å². The lowest BCUT2D eigenvalue weighted by Gasteiger charge is -2.64. The van der Waals surface area contributed by atoms with E-state index in [-0.39, 0.29) is 16.8 Å². The molecule has 0 aromatic heterocycles. The summed E-state index contributed by atoms with van der Waals surface area (Å²) in [5, 5.41) is 10.1. The molecule has 1 saturated heterocycles. The summed E-state index contributed by atoms with van der Waals surface area (Å²) < 4.78 is 11.1. The normalized spacial score (nSPS) is 51.9. The van der Waals surface area contributed by atoms with Crippen molar-refractivity contribution in [2.75, 3.05) is 7.11 Å². The number of rotatable bonds is 1. The number of ether oxygens (including phenoxy) is 2. The fourth-order valence-corrected chi connectivity index (χ4v) is 8.45. The minimum absolute atomic E-state index is 0.0392. The number of hydrogen-bond donors (Lipinski definition) is 1. The van der Waals surface area contributed by atoms with Gasteiger partial charge in [-0.1, -0.05) is 19.4 Å². The van der Waals surface area contributed by atoms with Crippen LogP contribution in [0, 0.1) is 28.1 Å². The van der Waals surface area contributed by atoms with Gasteiger partial charge in [-0.3, -0.25) is 4.79 Å². The molecule has 28 heavy (non-hydrogen) atoms. The first-order valence-corrected chi connectivity index (χ1v) is 10.9. The van der Waals surface area contributed by atoms with E-state index in [9.17, 15) is 14.7 Å². The fourth-order valence-electron chi connectivity index (χ4n) is 8.45. The number of aliphatic hydroxyl groups excluding tert-OH is 1. The van der Waals surface area contributed by atoms with Crippen LogP contribution in [0.1, 0.15) is 71.6 Å². The Morgan fingerprint density at radius 1 is 1.18 bits per heavy atom. The third-order valence-electron chi connectivity index (χ3n) is 9.50. The summed E-state index contributed by atoms with van der Waals surface area (Å²) in [6.07, 6.45) is 9.70. The predicted octanol–water partition coefficient (Wildman–Crippen LogP) is 3.54. The van der Waals surface area contributed by atoms with E-state index < -0.39 is 23.1 Å². The van der Waals surface area contributed by atoms with E-state index in [4.69, 9.17) is 9.47 Å². The van der Waals surface area contributed by atoms with Crippen LogP contribution >= 0.6 is 0 Å². The number of allylic oxidation sites excluding steroid dienone is 1. The lowest BCUT2D eigenvalue weighted by atomic mass is 9.40. The van der Waals surface area contributed by atoms with E-state index in [1.54, 1.807) is 0 Å². The Morgan fingerprint density at radius 2 is 1.93 bits per heavy atom. The molecule has 4 aliphatic carbocycles. The molecule has 5 rings (SSSR count). The van der Waals surface area contributed by atoms with Crippen LogP contribution in [0.15, 0.2) is 11.6 Å². The number of esters is 2. The molecular weight excluding hydrogens is 356 g/mol. The minimum atomic E-state index is -1.02. The van der Waals surface area contributed by atoms with Gasteiger partial charge in [0.15, 0.2) is 6.10 Å². The van der Waals surface area contributed by atoms with E-state index in [0.29, 0.717) is 18.3 Å². The highest BCUT2D eigenvalue weighted by molar-refractivity contribution is 5.78. The van der Waals surface area contributed by atoms with Gasteiger partial charge < -0.3 is 14.6 Å². The number of fused-ring (bicyclic) bond motifs is 2. The first-order chi connectivity index (χ1) is 13.2. The quantitative estimate of drug-likeness (QED) is 0.549. The maximum atomic E-state index is 12.8. The Morgan fingerprint density at radius 3 is 2.68 bits per heavy atom. The zero-order valence-corrected chi connectivity index (χ0v) is 17.3. The van der Waals surface area contributed by atoms with E-state index in [2.05, 4.69) is 19.9 Å². The fraction of sp³-hybridized carbons (Fsp3) is 0.826. The van der Waals surface area contributed by atoms with Crippen molar-refractivity contribution in [1.82, 2.24) is 0 Å². The van der Waals surface area contributed by atoms with Gasteiger partial charge >= 0.3 is 11.9 Å². The average Bonchev–Trinajstić information content (AvgIpc) is 2.87. The number of carbonyl (C=O) groups is 2. The van der Waals surface area contributed by atoms with Crippen molar-refractivity contribution >= 4 is 11.9 Å². The van der Waals surface area contributed by atoms with Crippen molar-refractivity contribution in [3.05, 3.63) is 11.6 Å². The lowest BCUT2D eigenvalue weighted by Crippen LogP contribution is -2.60. The third-order valence-corrected chi connectivity index (χ3v) is 9.50. The Bertz CT molecular complexity index is 773.